The van der Waals surface area contributed by atoms with Crippen LogP contribution in [0, 0.1) is 0 Å². The molecule has 12 rings (SSSR count). The summed E-state index contributed by atoms with van der Waals surface area (Å²) in [5.74, 6) is 0. The van der Waals surface area contributed by atoms with Gasteiger partial charge in [0, 0.05) is 42.6 Å². The lowest BCUT2D eigenvalue weighted by Gasteiger charge is -2.46. The molecule has 2 aliphatic rings. The van der Waals surface area contributed by atoms with Crippen molar-refractivity contribution in [2.75, 3.05) is 4.90 Å². The fourth-order valence-electron chi connectivity index (χ4n) is 10.7. The van der Waals surface area contributed by atoms with Crippen molar-refractivity contribution < 1.29 is 0 Å². The van der Waals surface area contributed by atoms with Gasteiger partial charge in [0.1, 0.15) is 0 Å². The molecule has 0 radical (unpaired) electrons. The summed E-state index contributed by atoms with van der Waals surface area (Å²) >= 11 is 1.86. The molecule has 60 heavy (non-hydrogen) atoms. The predicted octanol–water partition coefficient (Wildman–Crippen LogP) is 15.9. The molecule has 1 heterocycles. The minimum absolute atomic E-state index is 0.135. The maximum absolute atomic E-state index is 2.43. The molecule has 1 spiro atoms. The van der Waals surface area contributed by atoms with Crippen LogP contribution < -0.4 is 4.90 Å². The molecule has 0 unspecified atom stereocenters. The first-order valence-electron chi connectivity index (χ1n) is 20.9. The van der Waals surface area contributed by atoms with E-state index in [0.717, 1.165) is 17.1 Å². The quantitative estimate of drug-likeness (QED) is 0.168. The molecule has 0 N–H and O–H groups in total. The van der Waals surface area contributed by atoms with Crippen LogP contribution in [0.3, 0.4) is 0 Å². The van der Waals surface area contributed by atoms with E-state index in [-0.39, 0.29) is 5.41 Å². The van der Waals surface area contributed by atoms with Gasteiger partial charge in [-0.1, -0.05) is 184 Å². The zero-order chi connectivity index (χ0) is 40.0. The van der Waals surface area contributed by atoms with Crippen LogP contribution in [0.15, 0.2) is 212 Å². The second kappa shape index (κ2) is 13.3. The Morgan fingerprint density at radius 3 is 1.65 bits per heavy atom. The van der Waals surface area contributed by atoms with Crippen LogP contribution in [0.4, 0.5) is 17.1 Å². The summed E-state index contributed by atoms with van der Waals surface area (Å²) < 4.78 is 2.60. The molecule has 9 aromatic carbocycles. The molecule has 0 atom stereocenters. The van der Waals surface area contributed by atoms with Gasteiger partial charge >= 0.3 is 0 Å². The third-order valence-electron chi connectivity index (χ3n) is 13.3. The van der Waals surface area contributed by atoms with E-state index in [4.69, 9.17) is 0 Å². The number of thiophene rings is 1. The summed E-state index contributed by atoms with van der Waals surface area (Å²) in [6, 6.07) is 79.2. The third-order valence-corrected chi connectivity index (χ3v) is 14.5. The number of hydrogen-bond donors (Lipinski definition) is 0. The van der Waals surface area contributed by atoms with E-state index in [1.54, 1.807) is 0 Å². The van der Waals surface area contributed by atoms with Crippen molar-refractivity contribution in [1.29, 1.82) is 0 Å². The van der Waals surface area contributed by atoms with Crippen LogP contribution in [0.5, 0.6) is 0 Å². The SMILES string of the molecule is CC1(C)c2ccccc2C2(c3ccccc3-c3c(-c4cccc(N(c5ccc(-c6ccccc6)cc5)c5ccc6c(c5)sc5ccccc56)c4)cccc32)c2ccccc21. The Balaban J connectivity index is 1.06. The van der Waals surface area contributed by atoms with Gasteiger partial charge in [0.25, 0.3) is 0 Å². The van der Waals surface area contributed by atoms with Crippen molar-refractivity contribution in [2.45, 2.75) is 24.7 Å². The predicted molar refractivity (Wildman–Crippen MR) is 254 cm³/mol. The number of anilines is 3. The molecule has 0 aliphatic heterocycles. The molecule has 0 fully saturated rings. The van der Waals surface area contributed by atoms with E-state index < -0.39 is 5.41 Å². The summed E-state index contributed by atoms with van der Waals surface area (Å²) in [5, 5.41) is 2.61. The Hall–Kier alpha value is -7.00. The number of hydrogen-bond acceptors (Lipinski definition) is 2. The number of nitrogens with zero attached hydrogens (tertiary/aromatic N) is 1. The molecule has 2 aliphatic carbocycles. The molecule has 10 aromatic rings. The van der Waals surface area contributed by atoms with Crippen molar-refractivity contribution >= 4 is 48.6 Å². The number of benzene rings is 9. The molecule has 1 aromatic heterocycles. The molecule has 0 saturated heterocycles. The van der Waals surface area contributed by atoms with Gasteiger partial charge in [-0.2, -0.15) is 0 Å². The monoisotopic (exact) mass is 783 g/mol. The van der Waals surface area contributed by atoms with Crippen molar-refractivity contribution in [3.8, 4) is 33.4 Å². The fourth-order valence-corrected chi connectivity index (χ4v) is 11.8. The van der Waals surface area contributed by atoms with E-state index in [0.29, 0.717) is 0 Å². The lowest BCUT2D eigenvalue weighted by molar-refractivity contribution is 0.563. The molecule has 0 saturated carbocycles. The highest BCUT2D eigenvalue weighted by atomic mass is 32.1. The molecule has 0 amide bonds. The normalized spacial score (nSPS) is 14.1. The van der Waals surface area contributed by atoms with Crippen LogP contribution in [0.25, 0.3) is 53.6 Å². The Morgan fingerprint density at radius 1 is 0.350 bits per heavy atom. The Kier molecular flexibility index (Phi) is 7.73. The molecular formula is C58H41NS. The molecule has 284 valence electrons. The summed E-state index contributed by atoms with van der Waals surface area (Å²) in [4.78, 5) is 2.43. The molecule has 2 heteroatoms. The average Bonchev–Trinajstić information content (AvgIpc) is 3.83. The standard InChI is InChI=1S/C58H41NS/c1-57(2)49-24-9-11-26-51(49)58(52-27-12-10-25-50(52)57)48-23-8-6-21-47(48)56-44(22-15-28-53(56)58)40-18-14-19-42(36-40)59(41-32-30-39(31-33-41)38-16-4-3-5-17-38)43-34-35-46-45-20-7-13-29-54(45)60-55(46)37-43/h3-37H,1-2H3. The van der Waals surface area contributed by atoms with E-state index in [1.165, 1.54) is 86.9 Å². The van der Waals surface area contributed by atoms with Crippen LogP contribution in [-0.4, -0.2) is 0 Å². The number of fused-ring (bicyclic) bond motifs is 12. The second-order valence-electron chi connectivity index (χ2n) is 16.8. The second-order valence-corrected chi connectivity index (χ2v) is 17.9. The van der Waals surface area contributed by atoms with Crippen molar-refractivity contribution in [3.63, 3.8) is 0 Å². The van der Waals surface area contributed by atoms with Gasteiger partial charge in [-0.05, 0) is 109 Å². The lowest BCUT2D eigenvalue weighted by Crippen LogP contribution is -2.40. The third kappa shape index (κ3) is 4.98. The van der Waals surface area contributed by atoms with Gasteiger partial charge in [-0.15, -0.1) is 11.3 Å². The van der Waals surface area contributed by atoms with Crippen molar-refractivity contribution in [2.24, 2.45) is 0 Å². The van der Waals surface area contributed by atoms with Crippen LogP contribution in [-0.2, 0) is 10.8 Å². The Morgan fingerprint density at radius 2 is 0.883 bits per heavy atom. The van der Waals surface area contributed by atoms with E-state index in [9.17, 15) is 0 Å². The van der Waals surface area contributed by atoms with Gasteiger partial charge in [0.05, 0.1) is 5.41 Å². The summed E-state index contributed by atoms with van der Waals surface area (Å²) in [7, 11) is 0. The van der Waals surface area contributed by atoms with Gasteiger partial charge in [0.15, 0.2) is 0 Å². The smallest absolute Gasteiger partial charge is 0.0719 e. The average molecular weight is 784 g/mol. The highest BCUT2D eigenvalue weighted by molar-refractivity contribution is 7.25. The van der Waals surface area contributed by atoms with Crippen LogP contribution in [0.1, 0.15) is 47.2 Å². The maximum atomic E-state index is 2.43. The zero-order valence-electron chi connectivity index (χ0n) is 33.6. The van der Waals surface area contributed by atoms with Crippen LogP contribution >= 0.6 is 11.3 Å². The van der Waals surface area contributed by atoms with Crippen molar-refractivity contribution in [1.82, 2.24) is 0 Å². The molecule has 0 bridgehead atoms. The minimum Gasteiger partial charge on any atom is -0.310 e. The van der Waals surface area contributed by atoms with Crippen molar-refractivity contribution in [3.05, 3.63) is 246 Å². The fraction of sp³-hybridized carbons (Fsp3) is 0.0690. The summed E-state index contributed by atoms with van der Waals surface area (Å²) in [5.41, 5.74) is 18.6. The Bertz CT molecular complexity index is 3250. The lowest BCUT2D eigenvalue weighted by atomic mass is 9.55. The van der Waals surface area contributed by atoms with E-state index >= 15 is 0 Å². The van der Waals surface area contributed by atoms with Gasteiger partial charge < -0.3 is 4.90 Å². The summed E-state index contributed by atoms with van der Waals surface area (Å²) in [6.45, 7) is 4.78. The zero-order valence-corrected chi connectivity index (χ0v) is 34.4. The first kappa shape index (κ1) is 35.0. The molecular weight excluding hydrogens is 743 g/mol. The van der Waals surface area contributed by atoms with Gasteiger partial charge in [0.2, 0.25) is 0 Å². The summed E-state index contributed by atoms with van der Waals surface area (Å²) in [6.07, 6.45) is 0. The largest absolute Gasteiger partial charge is 0.310 e. The minimum atomic E-state index is -0.436. The van der Waals surface area contributed by atoms with Gasteiger partial charge in [-0.25, -0.2) is 0 Å². The highest BCUT2D eigenvalue weighted by Crippen LogP contribution is 2.63. The van der Waals surface area contributed by atoms with Gasteiger partial charge in [-0.3, -0.25) is 0 Å². The topological polar surface area (TPSA) is 3.24 Å². The van der Waals surface area contributed by atoms with E-state index in [2.05, 4.69) is 231 Å². The first-order chi connectivity index (χ1) is 29.5. The van der Waals surface area contributed by atoms with Crippen LogP contribution in [0.2, 0.25) is 0 Å². The highest BCUT2D eigenvalue weighted by Gasteiger charge is 2.53. The maximum Gasteiger partial charge on any atom is 0.0719 e. The van der Waals surface area contributed by atoms with E-state index in [1.807, 2.05) is 11.3 Å². The molecule has 1 nitrogen and oxygen atoms in total. The number of rotatable bonds is 5. The Labute approximate surface area is 355 Å². The first-order valence-corrected chi connectivity index (χ1v) is 21.7.